The Morgan fingerprint density at radius 3 is 3.11 bits per heavy atom. The minimum absolute atomic E-state index is 0.0210. The molecule has 2 rings (SSSR count). The van der Waals surface area contributed by atoms with E-state index in [0.29, 0.717) is 18.3 Å². The van der Waals surface area contributed by atoms with E-state index in [-0.39, 0.29) is 6.61 Å². The Hall–Kier alpha value is -1.12. The molecule has 8 heteroatoms. The highest BCUT2D eigenvalue weighted by Gasteiger charge is 2.05. The van der Waals surface area contributed by atoms with E-state index < -0.39 is 0 Å². The molecule has 0 amide bonds. The van der Waals surface area contributed by atoms with Crippen LogP contribution in [0.2, 0.25) is 0 Å². The van der Waals surface area contributed by atoms with Crippen LogP contribution < -0.4 is 4.74 Å². The lowest BCUT2D eigenvalue weighted by Crippen LogP contribution is -2.07. The van der Waals surface area contributed by atoms with Crippen molar-refractivity contribution in [2.24, 2.45) is 0 Å². The standard InChI is InChI=1S/C11H13BrN4O2S/c12-9-2-1-3-10(8-9)18-6-7-19-11-13-14-15-16(11)4-5-17/h1-3,8,17H,4-7H2. The van der Waals surface area contributed by atoms with E-state index in [2.05, 4.69) is 31.5 Å². The molecule has 0 saturated carbocycles. The second-order valence-corrected chi connectivity index (χ2v) is 5.54. The first-order valence-electron chi connectivity index (χ1n) is 5.68. The average Bonchev–Trinajstić information content (AvgIpc) is 2.83. The summed E-state index contributed by atoms with van der Waals surface area (Å²) in [7, 11) is 0. The zero-order valence-electron chi connectivity index (χ0n) is 10.1. The first-order valence-corrected chi connectivity index (χ1v) is 7.45. The van der Waals surface area contributed by atoms with Crippen molar-refractivity contribution in [1.29, 1.82) is 0 Å². The molecule has 0 unspecified atom stereocenters. The highest BCUT2D eigenvalue weighted by Crippen LogP contribution is 2.19. The third kappa shape index (κ3) is 4.48. The van der Waals surface area contributed by atoms with Gasteiger partial charge in [0.15, 0.2) is 0 Å². The molecule has 1 aromatic heterocycles. The first-order chi connectivity index (χ1) is 9.29. The van der Waals surface area contributed by atoms with Crippen molar-refractivity contribution in [2.45, 2.75) is 11.7 Å². The Labute approximate surface area is 123 Å². The van der Waals surface area contributed by atoms with E-state index in [9.17, 15) is 0 Å². The number of aliphatic hydroxyl groups excluding tert-OH is 1. The quantitative estimate of drug-likeness (QED) is 0.607. The smallest absolute Gasteiger partial charge is 0.209 e. The van der Waals surface area contributed by atoms with Crippen molar-refractivity contribution in [3.8, 4) is 5.75 Å². The fourth-order valence-electron chi connectivity index (χ4n) is 1.38. The van der Waals surface area contributed by atoms with Crippen LogP contribution in [0, 0.1) is 0 Å². The number of hydrogen-bond donors (Lipinski definition) is 1. The largest absolute Gasteiger partial charge is 0.493 e. The van der Waals surface area contributed by atoms with Gasteiger partial charge < -0.3 is 9.84 Å². The van der Waals surface area contributed by atoms with Crippen molar-refractivity contribution in [2.75, 3.05) is 19.0 Å². The lowest BCUT2D eigenvalue weighted by Gasteiger charge is -2.06. The number of nitrogens with zero attached hydrogens (tertiary/aromatic N) is 4. The number of aliphatic hydroxyl groups is 1. The van der Waals surface area contributed by atoms with Crippen LogP contribution >= 0.6 is 27.7 Å². The summed E-state index contributed by atoms with van der Waals surface area (Å²) in [5.74, 6) is 1.56. The van der Waals surface area contributed by atoms with Crippen molar-refractivity contribution < 1.29 is 9.84 Å². The number of benzene rings is 1. The highest BCUT2D eigenvalue weighted by atomic mass is 79.9. The molecular weight excluding hydrogens is 332 g/mol. The van der Waals surface area contributed by atoms with Crippen LogP contribution in [0.3, 0.4) is 0 Å². The Kier molecular flexibility index (Phi) is 5.62. The Balaban J connectivity index is 1.76. The van der Waals surface area contributed by atoms with Gasteiger partial charge in [-0.05, 0) is 28.6 Å². The van der Waals surface area contributed by atoms with E-state index in [1.807, 2.05) is 24.3 Å². The minimum Gasteiger partial charge on any atom is -0.493 e. The summed E-state index contributed by atoms with van der Waals surface area (Å²) in [6, 6.07) is 7.70. The Morgan fingerprint density at radius 2 is 2.32 bits per heavy atom. The van der Waals surface area contributed by atoms with Crippen molar-refractivity contribution in [3.05, 3.63) is 28.7 Å². The monoisotopic (exact) mass is 344 g/mol. The molecule has 0 aliphatic carbocycles. The van der Waals surface area contributed by atoms with Gasteiger partial charge in [-0.3, -0.25) is 0 Å². The molecule has 0 radical (unpaired) electrons. The van der Waals surface area contributed by atoms with Gasteiger partial charge in [0.25, 0.3) is 0 Å². The van der Waals surface area contributed by atoms with Crippen molar-refractivity contribution in [1.82, 2.24) is 20.2 Å². The summed E-state index contributed by atoms with van der Waals surface area (Å²) in [5, 5.41) is 20.8. The molecule has 2 aromatic rings. The van der Waals surface area contributed by atoms with Gasteiger partial charge in [0, 0.05) is 10.2 Å². The summed E-state index contributed by atoms with van der Waals surface area (Å²) in [4.78, 5) is 0. The lowest BCUT2D eigenvalue weighted by molar-refractivity contribution is 0.262. The summed E-state index contributed by atoms with van der Waals surface area (Å²) in [6.07, 6.45) is 0. The van der Waals surface area contributed by atoms with Gasteiger partial charge in [0.05, 0.1) is 19.8 Å². The number of hydrogen-bond acceptors (Lipinski definition) is 6. The molecular formula is C11H13BrN4O2S. The number of tetrazole rings is 1. The van der Waals surface area contributed by atoms with Gasteiger partial charge in [0.2, 0.25) is 5.16 Å². The van der Waals surface area contributed by atoms with Crippen LogP contribution in [0.25, 0.3) is 0 Å². The van der Waals surface area contributed by atoms with E-state index in [0.717, 1.165) is 16.0 Å². The average molecular weight is 345 g/mol. The van der Waals surface area contributed by atoms with Gasteiger partial charge in [-0.15, -0.1) is 5.10 Å². The lowest BCUT2D eigenvalue weighted by atomic mass is 10.3. The molecule has 0 fully saturated rings. The van der Waals surface area contributed by atoms with Gasteiger partial charge in [-0.1, -0.05) is 33.8 Å². The van der Waals surface area contributed by atoms with E-state index in [1.165, 1.54) is 11.8 Å². The molecule has 102 valence electrons. The van der Waals surface area contributed by atoms with Gasteiger partial charge in [-0.2, -0.15) is 0 Å². The summed E-state index contributed by atoms with van der Waals surface area (Å²) in [6.45, 7) is 0.988. The van der Waals surface area contributed by atoms with Crippen LogP contribution in [-0.4, -0.2) is 44.3 Å². The highest BCUT2D eigenvalue weighted by molar-refractivity contribution is 9.10. The third-order valence-electron chi connectivity index (χ3n) is 2.19. The minimum atomic E-state index is 0.0210. The van der Waals surface area contributed by atoms with Crippen molar-refractivity contribution >= 4 is 27.7 Å². The van der Waals surface area contributed by atoms with E-state index in [1.54, 1.807) is 4.68 Å². The van der Waals surface area contributed by atoms with Crippen LogP contribution in [0.5, 0.6) is 5.75 Å². The van der Waals surface area contributed by atoms with Gasteiger partial charge in [0.1, 0.15) is 5.75 Å². The molecule has 0 aliphatic heterocycles. The normalized spacial score (nSPS) is 10.6. The predicted molar refractivity (Wildman–Crippen MR) is 75.3 cm³/mol. The molecule has 0 spiro atoms. The first kappa shape index (κ1) is 14.3. The molecule has 1 heterocycles. The number of thioether (sulfide) groups is 1. The second-order valence-electron chi connectivity index (χ2n) is 3.56. The SMILES string of the molecule is OCCn1nnnc1SCCOc1cccc(Br)c1. The van der Waals surface area contributed by atoms with Crippen LogP contribution in [-0.2, 0) is 6.54 Å². The molecule has 1 N–H and O–H groups in total. The fraction of sp³-hybridized carbons (Fsp3) is 0.364. The Morgan fingerprint density at radius 1 is 1.42 bits per heavy atom. The predicted octanol–water partition coefficient (Wildman–Crippen LogP) is 1.60. The number of rotatable bonds is 7. The van der Waals surface area contributed by atoms with Crippen molar-refractivity contribution in [3.63, 3.8) is 0 Å². The number of aromatic nitrogens is 4. The molecule has 19 heavy (non-hydrogen) atoms. The number of ether oxygens (including phenoxy) is 1. The maximum Gasteiger partial charge on any atom is 0.209 e. The maximum atomic E-state index is 8.85. The molecule has 0 atom stereocenters. The summed E-state index contributed by atoms with van der Waals surface area (Å²) >= 11 is 4.89. The molecule has 0 aliphatic rings. The molecule has 0 bridgehead atoms. The van der Waals surface area contributed by atoms with Crippen LogP contribution in [0.4, 0.5) is 0 Å². The van der Waals surface area contributed by atoms with E-state index >= 15 is 0 Å². The van der Waals surface area contributed by atoms with Crippen LogP contribution in [0.15, 0.2) is 33.9 Å². The zero-order valence-corrected chi connectivity index (χ0v) is 12.5. The molecule has 6 nitrogen and oxygen atoms in total. The van der Waals surface area contributed by atoms with Gasteiger partial charge in [-0.25, -0.2) is 4.68 Å². The van der Waals surface area contributed by atoms with Gasteiger partial charge >= 0.3 is 0 Å². The second kappa shape index (κ2) is 7.46. The fourth-order valence-corrected chi connectivity index (χ4v) is 2.48. The third-order valence-corrected chi connectivity index (χ3v) is 3.60. The summed E-state index contributed by atoms with van der Waals surface area (Å²) < 4.78 is 8.17. The van der Waals surface area contributed by atoms with E-state index in [4.69, 9.17) is 9.84 Å². The van der Waals surface area contributed by atoms with Crippen LogP contribution in [0.1, 0.15) is 0 Å². The molecule has 0 saturated heterocycles. The topological polar surface area (TPSA) is 73.1 Å². The maximum absolute atomic E-state index is 8.85. The summed E-state index contributed by atoms with van der Waals surface area (Å²) in [5.41, 5.74) is 0. The zero-order chi connectivity index (χ0) is 13.5. The Bertz CT molecular complexity index is 523. The molecule has 1 aromatic carbocycles. The number of halogens is 1.